The maximum atomic E-state index is 5.62. The molecule has 0 radical (unpaired) electrons. The quantitative estimate of drug-likeness (QED) is 0.430. The van der Waals surface area contributed by atoms with Crippen LogP contribution in [0.15, 0.2) is 23.3 Å². The van der Waals surface area contributed by atoms with Crippen LogP contribution in [0.4, 0.5) is 0 Å². The zero-order valence-electron chi connectivity index (χ0n) is 12.8. The standard InChI is InChI=1S/C15H24N4O2/c1-3-16-15(19-13-6-7-13)18-11-12-5-4-8-17-14(12)21-10-9-20-2/h4-5,8,13H,3,6-7,9-11H2,1-2H3,(H2,16,18,19). The van der Waals surface area contributed by atoms with Gasteiger partial charge in [-0.05, 0) is 25.8 Å². The predicted molar refractivity (Wildman–Crippen MR) is 82.6 cm³/mol. The van der Waals surface area contributed by atoms with E-state index < -0.39 is 0 Å². The van der Waals surface area contributed by atoms with Gasteiger partial charge in [0.25, 0.3) is 0 Å². The fourth-order valence-electron chi connectivity index (χ4n) is 1.80. The Morgan fingerprint density at radius 3 is 3.00 bits per heavy atom. The number of nitrogens with one attached hydrogen (secondary N) is 2. The normalized spacial score (nSPS) is 14.9. The summed E-state index contributed by atoms with van der Waals surface area (Å²) in [6.45, 7) is 4.49. The summed E-state index contributed by atoms with van der Waals surface area (Å²) < 4.78 is 10.6. The molecule has 1 heterocycles. The Hall–Kier alpha value is -1.82. The van der Waals surface area contributed by atoms with Crippen LogP contribution in [0.5, 0.6) is 5.88 Å². The lowest BCUT2D eigenvalue weighted by Crippen LogP contribution is -2.38. The molecule has 1 aromatic rings. The zero-order valence-corrected chi connectivity index (χ0v) is 12.8. The van der Waals surface area contributed by atoms with Crippen molar-refractivity contribution in [2.75, 3.05) is 26.9 Å². The van der Waals surface area contributed by atoms with Crippen LogP contribution >= 0.6 is 0 Å². The number of rotatable bonds is 8. The van der Waals surface area contributed by atoms with Crippen molar-refractivity contribution in [2.45, 2.75) is 32.4 Å². The third-order valence-corrected chi connectivity index (χ3v) is 3.05. The summed E-state index contributed by atoms with van der Waals surface area (Å²) in [6, 6.07) is 4.46. The molecule has 0 aliphatic heterocycles. The molecule has 0 unspecified atom stereocenters. The van der Waals surface area contributed by atoms with Gasteiger partial charge in [-0.3, -0.25) is 0 Å². The third-order valence-electron chi connectivity index (χ3n) is 3.05. The number of methoxy groups -OCH3 is 1. The van der Waals surface area contributed by atoms with E-state index in [1.807, 2.05) is 12.1 Å². The van der Waals surface area contributed by atoms with E-state index in [4.69, 9.17) is 9.47 Å². The Kier molecular flexibility index (Phi) is 6.27. The van der Waals surface area contributed by atoms with Crippen molar-refractivity contribution >= 4 is 5.96 Å². The first-order valence-electron chi connectivity index (χ1n) is 7.44. The molecule has 2 rings (SSSR count). The minimum atomic E-state index is 0.491. The van der Waals surface area contributed by atoms with Gasteiger partial charge in [0, 0.05) is 31.5 Å². The number of aromatic nitrogens is 1. The van der Waals surface area contributed by atoms with E-state index in [2.05, 4.69) is 27.5 Å². The molecule has 0 aromatic carbocycles. The SMILES string of the molecule is CCNC(=NCc1cccnc1OCCOC)NC1CC1. The van der Waals surface area contributed by atoms with Crippen LogP contribution < -0.4 is 15.4 Å². The topological polar surface area (TPSA) is 67.8 Å². The lowest BCUT2D eigenvalue weighted by molar-refractivity contribution is 0.143. The summed E-state index contributed by atoms with van der Waals surface area (Å²) in [7, 11) is 1.65. The lowest BCUT2D eigenvalue weighted by atomic mass is 10.3. The molecule has 1 aromatic heterocycles. The molecule has 0 amide bonds. The Morgan fingerprint density at radius 1 is 1.43 bits per heavy atom. The van der Waals surface area contributed by atoms with Crippen LogP contribution in [0.3, 0.4) is 0 Å². The van der Waals surface area contributed by atoms with E-state index in [0.29, 0.717) is 31.7 Å². The van der Waals surface area contributed by atoms with Gasteiger partial charge in [0.2, 0.25) is 5.88 Å². The molecular formula is C15H24N4O2. The lowest BCUT2D eigenvalue weighted by Gasteiger charge is -2.11. The van der Waals surface area contributed by atoms with Gasteiger partial charge in [-0.25, -0.2) is 9.98 Å². The van der Waals surface area contributed by atoms with Gasteiger partial charge in [0.05, 0.1) is 13.2 Å². The van der Waals surface area contributed by atoms with E-state index in [9.17, 15) is 0 Å². The molecule has 6 nitrogen and oxygen atoms in total. The molecule has 116 valence electrons. The number of guanidine groups is 1. The molecule has 2 N–H and O–H groups in total. The number of hydrogen-bond donors (Lipinski definition) is 2. The van der Waals surface area contributed by atoms with E-state index in [1.54, 1.807) is 13.3 Å². The van der Waals surface area contributed by atoms with Crippen molar-refractivity contribution in [3.8, 4) is 5.88 Å². The molecular weight excluding hydrogens is 268 g/mol. The highest BCUT2D eigenvalue weighted by molar-refractivity contribution is 5.80. The van der Waals surface area contributed by atoms with Crippen molar-refractivity contribution in [2.24, 2.45) is 4.99 Å². The van der Waals surface area contributed by atoms with Crippen LogP contribution in [0, 0.1) is 0 Å². The second-order valence-corrected chi connectivity index (χ2v) is 4.92. The summed E-state index contributed by atoms with van der Waals surface area (Å²) in [4.78, 5) is 8.86. The number of nitrogens with zero attached hydrogens (tertiary/aromatic N) is 2. The van der Waals surface area contributed by atoms with Gasteiger partial charge < -0.3 is 20.1 Å². The van der Waals surface area contributed by atoms with Crippen LogP contribution in [0.2, 0.25) is 0 Å². The average Bonchev–Trinajstić information content (AvgIpc) is 3.30. The second-order valence-electron chi connectivity index (χ2n) is 4.92. The first-order valence-corrected chi connectivity index (χ1v) is 7.44. The number of hydrogen-bond acceptors (Lipinski definition) is 4. The molecule has 1 aliphatic carbocycles. The van der Waals surface area contributed by atoms with Gasteiger partial charge in [-0.1, -0.05) is 6.07 Å². The highest BCUT2D eigenvalue weighted by Crippen LogP contribution is 2.19. The van der Waals surface area contributed by atoms with E-state index >= 15 is 0 Å². The summed E-state index contributed by atoms with van der Waals surface area (Å²) in [5.41, 5.74) is 0.974. The summed E-state index contributed by atoms with van der Waals surface area (Å²) in [5, 5.41) is 6.65. The van der Waals surface area contributed by atoms with E-state index in [-0.39, 0.29) is 0 Å². The average molecular weight is 292 g/mol. The molecule has 0 saturated heterocycles. The van der Waals surface area contributed by atoms with Gasteiger partial charge in [-0.15, -0.1) is 0 Å². The third kappa shape index (κ3) is 5.59. The van der Waals surface area contributed by atoms with Gasteiger partial charge >= 0.3 is 0 Å². The summed E-state index contributed by atoms with van der Waals surface area (Å²) in [6.07, 6.45) is 4.17. The number of aliphatic imine (C=N–C) groups is 1. The smallest absolute Gasteiger partial charge is 0.218 e. The first kappa shape index (κ1) is 15.6. The van der Waals surface area contributed by atoms with Crippen molar-refractivity contribution in [3.05, 3.63) is 23.9 Å². The summed E-state index contributed by atoms with van der Waals surface area (Å²) >= 11 is 0. The Labute approximate surface area is 126 Å². The first-order chi connectivity index (χ1) is 10.3. The minimum absolute atomic E-state index is 0.491. The Morgan fingerprint density at radius 2 is 2.29 bits per heavy atom. The molecule has 1 saturated carbocycles. The maximum absolute atomic E-state index is 5.62. The second kappa shape index (κ2) is 8.46. The minimum Gasteiger partial charge on any atom is -0.475 e. The van der Waals surface area contributed by atoms with Gasteiger partial charge in [-0.2, -0.15) is 0 Å². The maximum Gasteiger partial charge on any atom is 0.218 e. The van der Waals surface area contributed by atoms with Crippen LogP contribution in [0.1, 0.15) is 25.3 Å². The molecule has 21 heavy (non-hydrogen) atoms. The molecule has 1 fully saturated rings. The summed E-state index contributed by atoms with van der Waals surface area (Å²) in [5.74, 6) is 1.48. The van der Waals surface area contributed by atoms with Crippen molar-refractivity contribution in [1.82, 2.24) is 15.6 Å². The van der Waals surface area contributed by atoms with Crippen molar-refractivity contribution < 1.29 is 9.47 Å². The fourth-order valence-corrected chi connectivity index (χ4v) is 1.80. The van der Waals surface area contributed by atoms with Gasteiger partial charge in [0.15, 0.2) is 5.96 Å². The van der Waals surface area contributed by atoms with Crippen LogP contribution in [-0.4, -0.2) is 43.9 Å². The fraction of sp³-hybridized carbons (Fsp3) is 0.600. The molecule has 0 atom stereocenters. The number of ether oxygens (including phenoxy) is 2. The van der Waals surface area contributed by atoms with Gasteiger partial charge in [0.1, 0.15) is 6.61 Å². The monoisotopic (exact) mass is 292 g/mol. The van der Waals surface area contributed by atoms with E-state index in [1.165, 1.54) is 12.8 Å². The highest BCUT2D eigenvalue weighted by Gasteiger charge is 2.22. The van der Waals surface area contributed by atoms with Crippen molar-refractivity contribution in [1.29, 1.82) is 0 Å². The Bertz CT molecular complexity index is 461. The molecule has 0 bridgehead atoms. The van der Waals surface area contributed by atoms with Crippen LogP contribution in [-0.2, 0) is 11.3 Å². The largest absolute Gasteiger partial charge is 0.475 e. The zero-order chi connectivity index (χ0) is 14.9. The number of pyridine rings is 1. The molecule has 1 aliphatic rings. The Balaban J connectivity index is 1.95. The highest BCUT2D eigenvalue weighted by atomic mass is 16.5. The van der Waals surface area contributed by atoms with Crippen LogP contribution in [0.25, 0.3) is 0 Å². The molecule has 6 heteroatoms. The molecule has 0 spiro atoms. The van der Waals surface area contributed by atoms with E-state index in [0.717, 1.165) is 18.1 Å². The predicted octanol–water partition coefficient (Wildman–Crippen LogP) is 1.32. The van der Waals surface area contributed by atoms with Crippen molar-refractivity contribution in [3.63, 3.8) is 0 Å².